The van der Waals surface area contributed by atoms with E-state index in [0.717, 1.165) is 13.1 Å². The fourth-order valence-corrected chi connectivity index (χ4v) is 1.23. The first-order chi connectivity index (χ1) is 7.69. The number of amides is 1. The third kappa shape index (κ3) is 3.05. The van der Waals surface area contributed by atoms with Crippen molar-refractivity contribution in [1.29, 1.82) is 0 Å². The molecule has 0 aliphatic rings. The molecule has 5 nitrogen and oxygen atoms in total. The van der Waals surface area contributed by atoms with Crippen molar-refractivity contribution in [2.45, 2.75) is 13.8 Å². The molecular weight excluding hydrogens is 204 g/mol. The molecule has 1 amide bonds. The second-order valence-corrected chi connectivity index (χ2v) is 3.21. The molecular formula is C11H16N4O. The van der Waals surface area contributed by atoms with Crippen molar-refractivity contribution in [2.24, 2.45) is 16.1 Å². The molecule has 2 N–H and O–H groups in total. The van der Waals surface area contributed by atoms with Gasteiger partial charge in [0.2, 0.25) is 0 Å². The van der Waals surface area contributed by atoms with E-state index < -0.39 is 5.91 Å². The third-order valence-corrected chi connectivity index (χ3v) is 2.18. The van der Waals surface area contributed by atoms with Crippen molar-refractivity contribution in [3.8, 4) is 0 Å². The number of rotatable bonds is 5. The predicted octanol–water partition coefficient (Wildman–Crippen LogP) is 2.13. The summed E-state index contributed by atoms with van der Waals surface area (Å²) < 4.78 is 0. The summed E-state index contributed by atoms with van der Waals surface area (Å²) >= 11 is 0. The van der Waals surface area contributed by atoms with Gasteiger partial charge in [0.15, 0.2) is 0 Å². The monoisotopic (exact) mass is 220 g/mol. The number of primary amides is 1. The average Bonchev–Trinajstić information content (AvgIpc) is 2.30. The molecule has 0 spiro atoms. The molecule has 1 rings (SSSR count). The summed E-state index contributed by atoms with van der Waals surface area (Å²) in [7, 11) is 0. The molecule has 0 atom stereocenters. The first-order valence-corrected chi connectivity index (χ1v) is 5.24. The second-order valence-electron chi connectivity index (χ2n) is 3.21. The van der Waals surface area contributed by atoms with Gasteiger partial charge < -0.3 is 5.73 Å². The zero-order chi connectivity index (χ0) is 12.0. The van der Waals surface area contributed by atoms with E-state index >= 15 is 0 Å². The zero-order valence-corrected chi connectivity index (χ0v) is 9.55. The summed E-state index contributed by atoms with van der Waals surface area (Å²) in [5.74, 6) is -0.492. The van der Waals surface area contributed by atoms with E-state index in [9.17, 15) is 4.79 Å². The molecule has 1 aromatic rings. The molecule has 0 aliphatic heterocycles. The molecule has 0 saturated heterocycles. The Morgan fingerprint density at radius 1 is 1.31 bits per heavy atom. The van der Waals surface area contributed by atoms with Gasteiger partial charge in [0.25, 0.3) is 5.91 Å². The van der Waals surface area contributed by atoms with Crippen molar-refractivity contribution >= 4 is 11.6 Å². The van der Waals surface area contributed by atoms with Crippen LogP contribution in [0.2, 0.25) is 0 Å². The van der Waals surface area contributed by atoms with Gasteiger partial charge >= 0.3 is 0 Å². The van der Waals surface area contributed by atoms with E-state index in [1.807, 2.05) is 13.8 Å². The van der Waals surface area contributed by atoms with Gasteiger partial charge in [-0.15, -0.1) is 5.11 Å². The third-order valence-electron chi connectivity index (χ3n) is 2.18. The highest BCUT2D eigenvalue weighted by Gasteiger charge is 2.06. The fourth-order valence-electron chi connectivity index (χ4n) is 1.23. The van der Waals surface area contributed by atoms with Gasteiger partial charge in [-0.1, -0.05) is 17.4 Å². The summed E-state index contributed by atoms with van der Waals surface area (Å²) in [5.41, 5.74) is 6.12. The quantitative estimate of drug-likeness (QED) is 0.610. The highest BCUT2D eigenvalue weighted by atomic mass is 16.1. The zero-order valence-electron chi connectivity index (χ0n) is 9.55. The lowest BCUT2D eigenvalue weighted by atomic mass is 10.2. The van der Waals surface area contributed by atoms with E-state index in [4.69, 9.17) is 5.73 Å². The van der Waals surface area contributed by atoms with Gasteiger partial charge in [-0.3, -0.25) is 9.80 Å². The number of hydrogen-bond donors (Lipinski definition) is 1. The maximum absolute atomic E-state index is 11.1. The summed E-state index contributed by atoms with van der Waals surface area (Å²) in [4.78, 5) is 11.1. The van der Waals surface area contributed by atoms with Crippen molar-refractivity contribution < 1.29 is 4.79 Å². The van der Waals surface area contributed by atoms with Crippen LogP contribution in [0, 0.1) is 0 Å². The summed E-state index contributed by atoms with van der Waals surface area (Å²) in [6.07, 6.45) is 0. The molecule has 1 aromatic carbocycles. The van der Waals surface area contributed by atoms with Crippen molar-refractivity contribution in [3.63, 3.8) is 0 Å². The van der Waals surface area contributed by atoms with Gasteiger partial charge in [0.05, 0.1) is 5.56 Å². The number of carbonyl (C=O) groups is 1. The van der Waals surface area contributed by atoms with Gasteiger partial charge in [0.1, 0.15) is 5.69 Å². The molecule has 0 aliphatic carbocycles. The Bertz CT molecular complexity index is 385. The Morgan fingerprint density at radius 2 is 1.94 bits per heavy atom. The van der Waals surface area contributed by atoms with E-state index in [2.05, 4.69) is 10.3 Å². The van der Waals surface area contributed by atoms with Crippen LogP contribution in [0.4, 0.5) is 5.69 Å². The lowest BCUT2D eigenvalue weighted by Gasteiger charge is -2.11. The van der Waals surface area contributed by atoms with E-state index in [-0.39, 0.29) is 0 Å². The molecule has 0 bridgehead atoms. The summed E-state index contributed by atoms with van der Waals surface area (Å²) in [5, 5.41) is 9.83. The van der Waals surface area contributed by atoms with Crippen molar-refractivity contribution in [3.05, 3.63) is 29.8 Å². The van der Waals surface area contributed by atoms with E-state index in [1.165, 1.54) is 0 Å². The van der Waals surface area contributed by atoms with Gasteiger partial charge in [0, 0.05) is 13.1 Å². The minimum atomic E-state index is -0.492. The average molecular weight is 220 g/mol. The number of benzene rings is 1. The van der Waals surface area contributed by atoms with Crippen LogP contribution in [0.3, 0.4) is 0 Å². The highest BCUT2D eigenvalue weighted by Crippen LogP contribution is 2.18. The highest BCUT2D eigenvalue weighted by molar-refractivity contribution is 5.97. The second kappa shape index (κ2) is 5.85. The Kier molecular flexibility index (Phi) is 4.44. The number of carbonyl (C=O) groups excluding carboxylic acids is 1. The topological polar surface area (TPSA) is 71.1 Å². The maximum atomic E-state index is 11.1. The Labute approximate surface area is 94.9 Å². The molecule has 0 radical (unpaired) electrons. The number of nitrogens with zero attached hydrogens (tertiary/aromatic N) is 3. The minimum absolute atomic E-state index is 0.387. The van der Waals surface area contributed by atoms with E-state index in [0.29, 0.717) is 11.3 Å². The first-order valence-electron chi connectivity index (χ1n) is 5.24. The van der Waals surface area contributed by atoms with Crippen molar-refractivity contribution in [2.75, 3.05) is 13.1 Å². The lowest BCUT2D eigenvalue weighted by molar-refractivity contribution is 0.100. The largest absolute Gasteiger partial charge is 0.366 e. The SMILES string of the molecule is CCN(CC)N=Nc1ccccc1C(N)=O. The summed E-state index contributed by atoms with van der Waals surface area (Å²) in [6, 6.07) is 6.89. The van der Waals surface area contributed by atoms with Crippen LogP contribution in [-0.2, 0) is 0 Å². The van der Waals surface area contributed by atoms with Crippen LogP contribution < -0.4 is 5.73 Å². The standard InChI is InChI=1S/C11H16N4O/c1-3-15(4-2)14-13-10-8-6-5-7-9(10)11(12)16/h5-8H,3-4H2,1-2H3,(H2,12,16). The molecule has 0 fully saturated rings. The normalized spacial score (nSPS) is 10.6. The fraction of sp³-hybridized carbons (Fsp3) is 0.364. The maximum Gasteiger partial charge on any atom is 0.250 e. The minimum Gasteiger partial charge on any atom is -0.366 e. The molecule has 0 saturated carbocycles. The summed E-state index contributed by atoms with van der Waals surface area (Å²) in [6.45, 7) is 5.53. The Hall–Kier alpha value is -1.91. The molecule has 0 heterocycles. The first kappa shape index (κ1) is 12.2. The Balaban J connectivity index is 2.92. The van der Waals surface area contributed by atoms with Crippen LogP contribution >= 0.6 is 0 Å². The van der Waals surface area contributed by atoms with Crippen molar-refractivity contribution in [1.82, 2.24) is 5.01 Å². The number of nitrogens with two attached hydrogens (primary N) is 1. The molecule has 5 heteroatoms. The van der Waals surface area contributed by atoms with Crippen LogP contribution in [0.25, 0.3) is 0 Å². The lowest BCUT2D eigenvalue weighted by Crippen LogP contribution is -2.15. The van der Waals surface area contributed by atoms with Crippen LogP contribution in [0.15, 0.2) is 34.6 Å². The van der Waals surface area contributed by atoms with Gasteiger partial charge in [-0.05, 0) is 26.0 Å². The van der Waals surface area contributed by atoms with Crippen LogP contribution in [-0.4, -0.2) is 24.0 Å². The van der Waals surface area contributed by atoms with E-state index in [1.54, 1.807) is 29.3 Å². The number of hydrogen-bond acceptors (Lipinski definition) is 3. The van der Waals surface area contributed by atoms with Gasteiger partial charge in [-0.25, -0.2) is 0 Å². The van der Waals surface area contributed by atoms with Crippen LogP contribution in [0.1, 0.15) is 24.2 Å². The molecule has 0 aromatic heterocycles. The molecule has 86 valence electrons. The smallest absolute Gasteiger partial charge is 0.250 e. The predicted molar refractivity (Wildman–Crippen MR) is 62.4 cm³/mol. The van der Waals surface area contributed by atoms with Crippen LogP contribution in [0.5, 0.6) is 0 Å². The molecule has 16 heavy (non-hydrogen) atoms. The van der Waals surface area contributed by atoms with Gasteiger partial charge in [-0.2, -0.15) is 0 Å². The Morgan fingerprint density at radius 3 is 2.50 bits per heavy atom. The molecule has 0 unspecified atom stereocenters.